The molecule has 2 heterocycles. The Kier molecular flexibility index (Phi) is 7.76. The fraction of sp³-hybridized carbons (Fsp3) is 0.522. The predicted octanol–water partition coefficient (Wildman–Crippen LogP) is 2.02. The van der Waals surface area contributed by atoms with E-state index in [1.165, 1.54) is 19.8 Å². The van der Waals surface area contributed by atoms with Crippen molar-refractivity contribution in [3.8, 4) is 11.5 Å². The first-order chi connectivity index (χ1) is 14.6. The summed E-state index contributed by atoms with van der Waals surface area (Å²) in [6, 6.07) is 5.81. The highest BCUT2D eigenvalue weighted by atomic mass is 16.5. The van der Waals surface area contributed by atoms with Crippen LogP contribution in [-0.2, 0) is 10.5 Å². The summed E-state index contributed by atoms with van der Waals surface area (Å²) in [5, 5.41) is 13.6. The van der Waals surface area contributed by atoms with Gasteiger partial charge in [0.15, 0.2) is 0 Å². The molecule has 0 aliphatic carbocycles. The highest BCUT2D eigenvalue weighted by molar-refractivity contribution is 5.73. The van der Waals surface area contributed by atoms with Crippen molar-refractivity contribution in [2.75, 3.05) is 40.4 Å². The fourth-order valence-corrected chi connectivity index (χ4v) is 4.10. The largest absolute Gasteiger partial charge is 0.497 e. The Labute approximate surface area is 179 Å². The maximum absolute atomic E-state index is 11.4. The molecule has 1 aromatic rings. The van der Waals surface area contributed by atoms with Gasteiger partial charge >= 0.3 is 0 Å². The average molecular weight is 415 g/mol. The molecule has 1 fully saturated rings. The van der Waals surface area contributed by atoms with E-state index in [4.69, 9.17) is 9.47 Å². The molecular weight excluding hydrogens is 380 g/mol. The van der Waals surface area contributed by atoms with Gasteiger partial charge in [-0.1, -0.05) is 0 Å². The maximum Gasteiger partial charge on any atom is 0.217 e. The van der Waals surface area contributed by atoms with Crippen LogP contribution in [0.2, 0.25) is 0 Å². The van der Waals surface area contributed by atoms with Gasteiger partial charge in [-0.3, -0.25) is 10.1 Å². The zero-order valence-corrected chi connectivity index (χ0v) is 18.2. The lowest BCUT2D eigenvalue weighted by Gasteiger charge is -2.37. The molecule has 0 radical (unpaired) electrons. The molecule has 0 spiro atoms. The van der Waals surface area contributed by atoms with E-state index in [0.717, 1.165) is 54.6 Å². The zero-order chi connectivity index (χ0) is 21.4. The summed E-state index contributed by atoms with van der Waals surface area (Å²) in [7, 11) is 3.34. The standard InChI is InChI=1S/C23H34N4O3/c1-17(28)25-16-19-9-13-27-23(15-19,26-12-8-18-6-10-24-11-7-18)21-14-20(29-2)4-5-22(21)30-3/h4-5,9,13-15,18,24,26-27H,6-8,10-12,16H2,1-3H3,(H,25,28). The van der Waals surface area contributed by atoms with Gasteiger partial charge < -0.3 is 25.4 Å². The van der Waals surface area contributed by atoms with Crippen LogP contribution in [0.3, 0.4) is 0 Å². The summed E-state index contributed by atoms with van der Waals surface area (Å²) < 4.78 is 11.2. The molecule has 4 N–H and O–H groups in total. The van der Waals surface area contributed by atoms with Crippen LogP contribution in [0.15, 0.2) is 42.1 Å². The fourth-order valence-electron chi connectivity index (χ4n) is 4.10. The van der Waals surface area contributed by atoms with Gasteiger partial charge in [-0.25, -0.2) is 0 Å². The number of carbonyl (C=O) groups is 1. The SMILES string of the molecule is COc1ccc(OC)c(C2(NCCC3CCNCC3)C=C(CNC(C)=O)C=CN2)c1. The zero-order valence-electron chi connectivity index (χ0n) is 18.2. The summed E-state index contributed by atoms with van der Waals surface area (Å²) >= 11 is 0. The second-order valence-electron chi connectivity index (χ2n) is 7.89. The van der Waals surface area contributed by atoms with Gasteiger partial charge in [0.1, 0.15) is 17.2 Å². The number of benzene rings is 1. The van der Waals surface area contributed by atoms with E-state index in [9.17, 15) is 4.79 Å². The molecule has 1 saturated heterocycles. The van der Waals surface area contributed by atoms with Gasteiger partial charge in [-0.2, -0.15) is 0 Å². The number of hydrogen-bond acceptors (Lipinski definition) is 6. The normalized spacial score (nSPS) is 21.5. The van der Waals surface area contributed by atoms with E-state index in [-0.39, 0.29) is 5.91 Å². The van der Waals surface area contributed by atoms with Gasteiger partial charge in [0.2, 0.25) is 5.91 Å². The van der Waals surface area contributed by atoms with Crippen LogP contribution < -0.4 is 30.7 Å². The van der Waals surface area contributed by atoms with Crippen molar-refractivity contribution in [3.05, 3.63) is 47.7 Å². The lowest BCUT2D eigenvalue weighted by Crippen LogP contribution is -2.53. The number of dihydropyridines is 1. The lowest BCUT2D eigenvalue weighted by atomic mass is 9.91. The lowest BCUT2D eigenvalue weighted by molar-refractivity contribution is -0.118. The quantitative estimate of drug-likeness (QED) is 0.495. The molecule has 1 aromatic carbocycles. The van der Waals surface area contributed by atoms with Crippen LogP contribution >= 0.6 is 0 Å². The minimum Gasteiger partial charge on any atom is -0.497 e. The molecule has 164 valence electrons. The van der Waals surface area contributed by atoms with Crippen molar-refractivity contribution in [3.63, 3.8) is 0 Å². The topological polar surface area (TPSA) is 83.7 Å². The van der Waals surface area contributed by atoms with Gasteiger partial charge in [0.25, 0.3) is 0 Å². The van der Waals surface area contributed by atoms with Crippen LogP contribution in [-0.4, -0.2) is 46.3 Å². The molecule has 0 aromatic heterocycles. The highest BCUT2D eigenvalue weighted by Crippen LogP contribution is 2.35. The number of ether oxygens (including phenoxy) is 2. The van der Waals surface area contributed by atoms with Gasteiger partial charge in [0.05, 0.1) is 14.2 Å². The van der Waals surface area contributed by atoms with E-state index in [1.54, 1.807) is 14.2 Å². The number of nitrogens with one attached hydrogen (secondary N) is 4. The molecule has 7 nitrogen and oxygen atoms in total. The first-order valence-electron chi connectivity index (χ1n) is 10.6. The third kappa shape index (κ3) is 5.55. The Morgan fingerprint density at radius 3 is 2.73 bits per heavy atom. The van der Waals surface area contributed by atoms with Gasteiger partial charge in [-0.05, 0) is 86.9 Å². The first-order valence-corrected chi connectivity index (χ1v) is 10.6. The predicted molar refractivity (Wildman–Crippen MR) is 118 cm³/mol. The molecule has 2 aliphatic rings. The van der Waals surface area contributed by atoms with Crippen molar-refractivity contribution in [1.82, 2.24) is 21.3 Å². The van der Waals surface area contributed by atoms with Crippen molar-refractivity contribution in [1.29, 1.82) is 0 Å². The van der Waals surface area contributed by atoms with Gasteiger partial charge in [0, 0.05) is 19.0 Å². The average Bonchev–Trinajstić information content (AvgIpc) is 2.78. The Hall–Kier alpha value is -2.51. The number of carbonyl (C=O) groups excluding carboxylic acids is 1. The second-order valence-corrected chi connectivity index (χ2v) is 7.89. The molecule has 0 saturated carbocycles. The monoisotopic (exact) mass is 414 g/mol. The van der Waals surface area contributed by atoms with E-state index < -0.39 is 5.66 Å². The summed E-state index contributed by atoms with van der Waals surface area (Å²) in [5.41, 5.74) is 1.30. The Balaban J connectivity index is 1.88. The van der Waals surface area contributed by atoms with Crippen molar-refractivity contribution < 1.29 is 14.3 Å². The van der Waals surface area contributed by atoms with Crippen LogP contribution in [0.1, 0.15) is 31.7 Å². The van der Waals surface area contributed by atoms with Gasteiger partial charge in [-0.15, -0.1) is 0 Å². The number of rotatable bonds is 9. The molecule has 7 heteroatoms. The molecule has 1 atom stereocenters. The Bertz CT molecular complexity index is 787. The number of piperidine rings is 1. The summed E-state index contributed by atoms with van der Waals surface area (Å²) in [4.78, 5) is 11.4. The maximum atomic E-state index is 11.4. The highest BCUT2D eigenvalue weighted by Gasteiger charge is 2.34. The van der Waals surface area contributed by atoms with Crippen LogP contribution in [0, 0.1) is 5.92 Å². The van der Waals surface area contributed by atoms with E-state index in [1.807, 2.05) is 30.5 Å². The van der Waals surface area contributed by atoms with E-state index in [0.29, 0.717) is 6.54 Å². The number of amides is 1. The first kappa shape index (κ1) is 22.2. The molecule has 1 amide bonds. The Morgan fingerprint density at radius 1 is 1.23 bits per heavy atom. The molecule has 0 bridgehead atoms. The third-order valence-electron chi connectivity index (χ3n) is 5.80. The van der Waals surface area contributed by atoms with Crippen LogP contribution in [0.4, 0.5) is 0 Å². The van der Waals surface area contributed by atoms with E-state index in [2.05, 4.69) is 27.3 Å². The minimum atomic E-state index is -0.657. The molecule has 30 heavy (non-hydrogen) atoms. The second kappa shape index (κ2) is 10.5. The molecular formula is C23H34N4O3. The van der Waals surface area contributed by atoms with Crippen molar-refractivity contribution >= 4 is 5.91 Å². The summed E-state index contributed by atoms with van der Waals surface area (Å²) in [5.74, 6) is 2.21. The van der Waals surface area contributed by atoms with E-state index >= 15 is 0 Å². The molecule has 2 aliphatic heterocycles. The number of methoxy groups -OCH3 is 2. The summed E-state index contributed by atoms with van der Waals surface area (Å²) in [6.07, 6.45) is 9.57. The summed E-state index contributed by atoms with van der Waals surface area (Å²) in [6.45, 7) is 5.05. The minimum absolute atomic E-state index is 0.0498. The number of hydrogen-bond donors (Lipinski definition) is 4. The van der Waals surface area contributed by atoms with Crippen molar-refractivity contribution in [2.45, 2.75) is 31.8 Å². The van der Waals surface area contributed by atoms with Crippen LogP contribution in [0.5, 0.6) is 11.5 Å². The smallest absolute Gasteiger partial charge is 0.217 e. The molecule has 1 unspecified atom stereocenters. The van der Waals surface area contributed by atoms with Crippen LogP contribution in [0.25, 0.3) is 0 Å². The Morgan fingerprint density at radius 2 is 2.03 bits per heavy atom. The van der Waals surface area contributed by atoms with Crippen molar-refractivity contribution in [2.24, 2.45) is 5.92 Å². The third-order valence-corrected chi connectivity index (χ3v) is 5.80. The molecule has 3 rings (SSSR count).